The highest BCUT2D eigenvalue weighted by Crippen LogP contribution is 2.38. The van der Waals surface area contributed by atoms with Crippen LogP contribution >= 0.6 is 0 Å². The number of hydrogen-bond acceptors (Lipinski definition) is 2. The second kappa shape index (κ2) is 14.2. The van der Waals surface area contributed by atoms with Gasteiger partial charge in [-0.05, 0) is 40.1 Å². The normalized spacial score (nSPS) is 11.7. The molecule has 0 atom stereocenters. The van der Waals surface area contributed by atoms with E-state index in [2.05, 4.69) is 55.5 Å². The van der Waals surface area contributed by atoms with Gasteiger partial charge in [0, 0.05) is 17.2 Å². The van der Waals surface area contributed by atoms with E-state index in [0.717, 1.165) is 18.2 Å². The molecule has 2 nitrogen and oxygen atoms in total. The molecular weight excluding hydrogens is 440 g/mol. The lowest BCUT2D eigenvalue weighted by atomic mass is 9.94. The highest BCUT2D eigenvalue weighted by Gasteiger charge is 2.13. The molecular formula is C34H44O2. The van der Waals surface area contributed by atoms with Crippen LogP contribution in [0.15, 0.2) is 54.6 Å². The molecule has 4 aromatic rings. The molecule has 4 aromatic carbocycles. The Balaban J connectivity index is 1.11. The lowest BCUT2D eigenvalue weighted by molar-refractivity contribution is -0.134. The topological polar surface area (TPSA) is 26.3 Å². The van der Waals surface area contributed by atoms with E-state index >= 15 is 0 Å². The molecule has 0 aromatic heterocycles. The molecule has 0 N–H and O–H groups in total. The molecule has 0 fully saturated rings. The summed E-state index contributed by atoms with van der Waals surface area (Å²) in [6, 6.07) is 19.0. The summed E-state index contributed by atoms with van der Waals surface area (Å²) in [6.45, 7) is 2.28. The standard InChI is InChI=1S/C34H44O2/c1-2-3-4-5-6-7-8-9-10-11-12-13-14-15-16-20-32(35)36-31-26-24-29-22-21-27-18-17-19-28-23-25-30(31)34(29)33(27)28/h17-19,21-26H,2-16,20H2,1H3. The van der Waals surface area contributed by atoms with Crippen LogP contribution in [0.4, 0.5) is 0 Å². The average molecular weight is 485 g/mol. The van der Waals surface area contributed by atoms with Gasteiger partial charge in [-0.25, -0.2) is 0 Å². The molecule has 0 spiro atoms. The first-order chi connectivity index (χ1) is 17.8. The summed E-state index contributed by atoms with van der Waals surface area (Å²) in [5.74, 6) is 0.575. The molecule has 0 unspecified atom stereocenters. The quantitative estimate of drug-likeness (QED) is 0.0644. The minimum absolute atomic E-state index is 0.111. The maximum absolute atomic E-state index is 12.6. The summed E-state index contributed by atoms with van der Waals surface area (Å²) < 4.78 is 5.85. The van der Waals surface area contributed by atoms with Gasteiger partial charge in [0.1, 0.15) is 5.75 Å². The van der Waals surface area contributed by atoms with E-state index in [0.29, 0.717) is 12.2 Å². The van der Waals surface area contributed by atoms with Crippen LogP contribution in [0.25, 0.3) is 32.3 Å². The molecule has 0 saturated heterocycles. The fourth-order valence-electron chi connectivity index (χ4n) is 5.61. The smallest absolute Gasteiger partial charge is 0.311 e. The number of benzene rings is 4. The second-order valence-electron chi connectivity index (χ2n) is 10.6. The minimum atomic E-state index is -0.111. The van der Waals surface area contributed by atoms with Gasteiger partial charge in [-0.3, -0.25) is 4.79 Å². The van der Waals surface area contributed by atoms with Gasteiger partial charge >= 0.3 is 5.97 Å². The van der Waals surface area contributed by atoms with Crippen molar-refractivity contribution in [2.24, 2.45) is 0 Å². The highest BCUT2D eigenvalue weighted by atomic mass is 16.5. The van der Waals surface area contributed by atoms with Crippen LogP contribution in [0.5, 0.6) is 5.75 Å². The molecule has 0 bridgehead atoms. The molecule has 2 heteroatoms. The van der Waals surface area contributed by atoms with Crippen molar-refractivity contribution in [2.75, 3.05) is 0 Å². The fraction of sp³-hybridized carbons (Fsp3) is 0.500. The SMILES string of the molecule is CCCCCCCCCCCCCCCCCC(=O)Oc1ccc2ccc3cccc4ccc1c2c34. The largest absolute Gasteiger partial charge is 0.426 e. The van der Waals surface area contributed by atoms with Crippen molar-refractivity contribution in [3.63, 3.8) is 0 Å². The highest BCUT2D eigenvalue weighted by molar-refractivity contribution is 6.24. The minimum Gasteiger partial charge on any atom is -0.426 e. The Hall–Kier alpha value is -2.61. The summed E-state index contributed by atoms with van der Waals surface area (Å²) in [4.78, 5) is 12.6. The predicted molar refractivity (Wildman–Crippen MR) is 155 cm³/mol. The molecule has 0 saturated carbocycles. The summed E-state index contributed by atoms with van der Waals surface area (Å²) in [5.41, 5.74) is 0. The lowest BCUT2D eigenvalue weighted by Crippen LogP contribution is -2.08. The van der Waals surface area contributed by atoms with Crippen molar-refractivity contribution in [1.29, 1.82) is 0 Å². The van der Waals surface area contributed by atoms with Gasteiger partial charge in [-0.2, -0.15) is 0 Å². The van der Waals surface area contributed by atoms with Gasteiger partial charge < -0.3 is 4.74 Å². The van der Waals surface area contributed by atoms with Crippen LogP contribution in [0.2, 0.25) is 0 Å². The maximum Gasteiger partial charge on any atom is 0.311 e. The van der Waals surface area contributed by atoms with Crippen molar-refractivity contribution in [3.05, 3.63) is 54.6 Å². The molecule has 192 valence electrons. The molecule has 0 aliphatic heterocycles. The zero-order valence-electron chi connectivity index (χ0n) is 22.3. The Morgan fingerprint density at radius 2 is 1.03 bits per heavy atom. The van der Waals surface area contributed by atoms with Crippen LogP contribution in [0.3, 0.4) is 0 Å². The lowest BCUT2D eigenvalue weighted by Gasteiger charge is -2.13. The second-order valence-corrected chi connectivity index (χ2v) is 10.6. The molecule has 0 aliphatic carbocycles. The van der Waals surface area contributed by atoms with Gasteiger partial charge in [-0.1, -0.05) is 139 Å². The monoisotopic (exact) mass is 484 g/mol. The summed E-state index contributed by atoms with van der Waals surface area (Å²) in [5, 5.41) is 7.13. The number of carbonyl (C=O) groups is 1. The Morgan fingerprint density at radius 1 is 0.556 bits per heavy atom. The first kappa shape index (κ1) is 26.5. The third-order valence-electron chi connectivity index (χ3n) is 7.70. The predicted octanol–water partition coefficient (Wildman–Crippen LogP) is 10.8. The van der Waals surface area contributed by atoms with Crippen molar-refractivity contribution in [1.82, 2.24) is 0 Å². The van der Waals surface area contributed by atoms with E-state index in [9.17, 15) is 4.79 Å². The van der Waals surface area contributed by atoms with Crippen LogP contribution in [0.1, 0.15) is 110 Å². The van der Waals surface area contributed by atoms with Gasteiger partial charge in [0.2, 0.25) is 0 Å². The van der Waals surface area contributed by atoms with Crippen LogP contribution in [-0.2, 0) is 4.79 Å². The van der Waals surface area contributed by atoms with Crippen molar-refractivity contribution >= 4 is 38.3 Å². The van der Waals surface area contributed by atoms with Crippen molar-refractivity contribution in [3.8, 4) is 5.75 Å². The van der Waals surface area contributed by atoms with E-state index in [1.165, 1.54) is 110 Å². The third kappa shape index (κ3) is 7.21. The molecule has 36 heavy (non-hydrogen) atoms. The van der Waals surface area contributed by atoms with Crippen LogP contribution in [-0.4, -0.2) is 5.97 Å². The van der Waals surface area contributed by atoms with Gasteiger partial charge in [0.05, 0.1) is 0 Å². The number of esters is 1. The number of carbonyl (C=O) groups excluding carboxylic acids is 1. The van der Waals surface area contributed by atoms with E-state index in [4.69, 9.17) is 4.74 Å². The average Bonchev–Trinajstić information content (AvgIpc) is 2.90. The van der Waals surface area contributed by atoms with E-state index in [-0.39, 0.29) is 5.97 Å². The first-order valence-electron chi connectivity index (χ1n) is 14.6. The van der Waals surface area contributed by atoms with Crippen LogP contribution in [0, 0.1) is 0 Å². The van der Waals surface area contributed by atoms with E-state index < -0.39 is 0 Å². The van der Waals surface area contributed by atoms with Gasteiger partial charge in [-0.15, -0.1) is 0 Å². The summed E-state index contributed by atoms with van der Waals surface area (Å²) in [7, 11) is 0. The molecule has 0 radical (unpaired) electrons. The van der Waals surface area contributed by atoms with Crippen LogP contribution < -0.4 is 4.74 Å². The Kier molecular flexibility index (Phi) is 10.4. The summed E-state index contributed by atoms with van der Waals surface area (Å²) in [6.07, 6.45) is 20.4. The molecule has 0 heterocycles. The fourth-order valence-corrected chi connectivity index (χ4v) is 5.61. The molecule has 0 amide bonds. The van der Waals surface area contributed by atoms with Crippen molar-refractivity contribution in [2.45, 2.75) is 110 Å². The first-order valence-corrected chi connectivity index (χ1v) is 14.6. The summed E-state index contributed by atoms with van der Waals surface area (Å²) >= 11 is 0. The number of ether oxygens (including phenoxy) is 1. The molecule has 4 rings (SSSR count). The zero-order chi connectivity index (χ0) is 25.0. The maximum atomic E-state index is 12.6. The van der Waals surface area contributed by atoms with E-state index in [1.807, 2.05) is 6.07 Å². The van der Waals surface area contributed by atoms with Gasteiger partial charge in [0.15, 0.2) is 0 Å². The Morgan fingerprint density at radius 3 is 1.61 bits per heavy atom. The van der Waals surface area contributed by atoms with Gasteiger partial charge in [0.25, 0.3) is 0 Å². The van der Waals surface area contributed by atoms with Crippen molar-refractivity contribution < 1.29 is 9.53 Å². The zero-order valence-corrected chi connectivity index (χ0v) is 22.3. The molecule has 0 aliphatic rings. The third-order valence-corrected chi connectivity index (χ3v) is 7.70. The number of unbranched alkanes of at least 4 members (excludes halogenated alkanes) is 14. The number of hydrogen-bond donors (Lipinski definition) is 0. The Bertz CT molecular complexity index is 1190. The number of rotatable bonds is 17. The van der Waals surface area contributed by atoms with E-state index in [1.54, 1.807) is 0 Å². The Labute approximate surface area is 217 Å².